The first kappa shape index (κ1) is 16.1. The van der Waals surface area contributed by atoms with E-state index in [1.54, 1.807) is 0 Å². The summed E-state index contributed by atoms with van der Waals surface area (Å²) in [5.74, 6) is 0.807. The number of fused-ring (bicyclic) bond motifs is 1. The van der Waals surface area contributed by atoms with Crippen LogP contribution >= 0.6 is 0 Å². The molecule has 0 saturated carbocycles. The Morgan fingerprint density at radius 2 is 1.50 bits per heavy atom. The molecule has 0 saturated heterocycles. The van der Waals surface area contributed by atoms with E-state index in [-0.39, 0.29) is 0 Å². The zero-order valence-electron chi connectivity index (χ0n) is 14.4. The summed E-state index contributed by atoms with van der Waals surface area (Å²) in [6.45, 7) is 0.533. The van der Waals surface area contributed by atoms with E-state index in [1.165, 1.54) is 5.56 Å². The normalized spacial score (nSPS) is 11.1. The van der Waals surface area contributed by atoms with Gasteiger partial charge in [0.2, 0.25) is 0 Å². The van der Waals surface area contributed by atoms with E-state index < -0.39 is 0 Å². The van der Waals surface area contributed by atoms with Gasteiger partial charge in [0.25, 0.3) is 0 Å². The van der Waals surface area contributed by atoms with Gasteiger partial charge in [-0.3, -0.25) is 4.98 Å². The van der Waals surface area contributed by atoms with Crippen LogP contribution in [0.2, 0.25) is 0 Å². The molecule has 0 aliphatic carbocycles. The Hall–Kier alpha value is -3.39. The van der Waals surface area contributed by atoms with Crippen molar-refractivity contribution in [1.82, 2.24) is 4.98 Å². The van der Waals surface area contributed by atoms with Crippen molar-refractivity contribution in [2.75, 3.05) is 0 Å². The Morgan fingerprint density at radius 1 is 0.731 bits per heavy atom. The van der Waals surface area contributed by atoms with Gasteiger partial charge in [-0.2, -0.15) is 0 Å². The minimum absolute atomic E-state index is 0.533. The molecule has 0 fully saturated rings. The van der Waals surface area contributed by atoms with Gasteiger partial charge >= 0.3 is 0 Å². The van der Waals surface area contributed by atoms with Crippen molar-refractivity contribution in [3.8, 4) is 5.75 Å². The van der Waals surface area contributed by atoms with E-state index >= 15 is 0 Å². The van der Waals surface area contributed by atoms with Gasteiger partial charge in [-0.05, 0) is 28.8 Å². The molecule has 26 heavy (non-hydrogen) atoms. The largest absolute Gasteiger partial charge is 0.487 e. The van der Waals surface area contributed by atoms with Crippen molar-refractivity contribution >= 4 is 23.1 Å². The van der Waals surface area contributed by atoms with Crippen molar-refractivity contribution in [3.63, 3.8) is 0 Å². The van der Waals surface area contributed by atoms with Crippen molar-refractivity contribution in [3.05, 3.63) is 108 Å². The van der Waals surface area contributed by atoms with Crippen molar-refractivity contribution in [2.24, 2.45) is 0 Å². The highest BCUT2D eigenvalue weighted by molar-refractivity contribution is 5.94. The van der Waals surface area contributed by atoms with Gasteiger partial charge in [0.15, 0.2) is 0 Å². The molecule has 0 radical (unpaired) electrons. The van der Waals surface area contributed by atoms with Crippen LogP contribution in [0.1, 0.15) is 16.7 Å². The van der Waals surface area contributed by atoms with Crippen LogP contribution in [0.15, 0.2) is 91.1 Å². The van der Waals surface area contributed by atoms with Crippen LogP contribution in [-0.4, -0.2) is 4.98 Å². The highest BCUT2D eigenvalue weighted by atomic mass is 16.5. The number of benzene rings is 3. The lowest BCUT2D eigenvalue weighted by Crippen LogP contribution is -1.97. The molecule has 4 aromatic rings. The first-order valence-corrected chi connectivity index (χ1v) is 8.68. The minimum atomic E-state index is 0.533. The average Bonchev–Trinajstić information content (AvgIpc) is 2.72. The fourth-order valence-electron chi connectivity index (χ4n) is 2.92. The fourth-order valence-corrected chi connectivity index (χ4v) is 2.92. The summed E-state index contributed by atoms with van der Waals surface area (Å²) in [7, 11) is 0. The molecule has 2 heteroatoms. The highest BCUT2D eigenvalue weighted by Gasteiger charge is 2.07. The molecule has 0 unspecified atom stereocenters. The lowest BCUT2D eigenvalue weighted by atomic mass is 10.1. The molecular formula is C24H19NO. The Bertz CT molecular complexity index is 1020. The van der Waals surface area contributed by atoms with E-state index in [0.29, 0.717) is 6.61 Å². The van der Waals surface area contributed by atoms with Gasteiger partial charge in [-0.15, -0.1) is 0 Å². The van der Waals surface area contributed by atoms with Gasteiger partial charge in [0.1, 0.15) is 17.9 Å². The number of nitrogens with zero attached hydrogens (tertiary/aromatic N) is 1. The zero-order chi connectivity index (χ0) is 17.6. The third-order valence-corrected chi connectivity index (χ3v) is 4.26. The van der Waals surface area contributed by atoms with E-state index in [9.17, 15) is 0 Å². The number of ether oxygens (including phenoxy) is 1. The Morgan fingerprint density at radius 3 is 2.31 bits per heavy atom. The van der Waals surface area contributed by atoms with Crippen LogP contribution in [0.3, 0.4) is 0 Å². The third kappa shape index (κ3) is 3.65. The molecule has 3 aromatic carbocycles. The SMILES string of the molecule is C(=C\c1ccc(OCc2ccccc2)c2ncccc12)/c1ccccc1. The predicted molar refractivity (Wildman–Crippen MR) is 108 cm³/mol. The molecule has 1 aromatic heterocycles. The first-order chi connectivity index (χ1) is 12.9. The second-order valence-corrected chi connectivity index (χ2v) is 6.07. The van der Waals surface area contributed by atoms with Crippen LogP contribution in [0.4, 0.5) is 0 Å². The van der Waals surface area contributed by atoms with E-state index in [2.05, 4.69) is 53.5 Å². The molecule has 0 N–H and O–H groups in total. The molecular weight excluding hydrogens is 318 g/mol. The summed E-state index contributed by atoms with van der Waals surface area (Å²) < 4.78 is 6.04. The average molecular weight is 337 g/mol. The smallest absolute Gasteiger partial charge is 0.146 e. The van der Waals surface area contributed by atoms with E-state index in [1.807, 2.05) is 54.7 Å². The van der Waals surface area contributed by atoms with Gasteiger partial charge < -0.3 is 4.74 Å². The summed E-state index contributed by atoms with van der Waals surface area (Å²) in [6, 6.07) is 28.6. The van der Waals surface area contributed by atoms with Crippen LogP contribution in [0.25, 0.3) is 23.1 Å². The summed E-state index contributed by atoms with van der Waals surface area (Å²) >= 11 is 0. The number of hydrogen-bond acceptors (Lipinski definition) is 2. The maximum Gasteiger partial charge on any atom is 0.146 e. The van der Waals surface area contributed by atoms with Crippen LogP contribution in [0.5, 0.6) is 5.75 Å². The lowest BCUT2D eigenvalue weighted by molar-refractivity contribution is 0.309. The van der Waals surface area contributed by atoms with E-state index in [0.717, 1.165) is 27.8 Å². The molecule has 0 aliphatic rings. The number of pyridine rings is 1. The maximum absolute atomic E-state index is 6.04. The first-order valence-electron chi connectivity index (χ1n) is 8.68. The zero-order valence-corrected chi connectivity index (χ0v) is 14.4. The summed E-state index contributed by atoms with van der Waals surface area (Å²) in [5, 5.41) is 1.09. The molecule has 0 atom stereocenters. The Kier molecular flexibility index (Phi) is 4.74. The summed E-state index contributed by atoms with van der Waals surface area (Å²) in [6.07, 6.45) is 6.05. The Balaban J connectivity index is 1.64. The number of rotatable bonds is 5. The predicted octanol–water partition coefficient (Wildman–Crippen LogP) is 5.98. The van der Waals surface area contributed by atoms with Gasteiger partial charge in [-0.25, -0.2) is 0 Å². The minimum Gasteiger partial charge on any atom is -0.487 e. The molecule has 0 aliphatic heterocycles. The molecule has 4 rings (SSSR count). The molecule has 126 valence electrons. The topological polar surface area (TPSA) is 22.1 Å². The second-order valence-electron chi connectivity index (χ2n) is 6.07. The van der Waals surface area contributed by atoms with E-state index in [4.69, 9.17) is 4.74 Å². The van der Waals surface area contributed by atoms with Crippen molar-refractivity contribution in [1.29, 1.82) is 0 Å². The van der Waals surface area contributed by atoms with Crippen molar-refractivity contribution in [2.45, 2.75) is 6.61 Å². The monoisotopic (exact) mass is 337 g/mol. The summed E-state index contributed by atoms with van der Waals surface area (Å²) in [4.78, 5) is 4.55. The number of hydrogen-bond donors (Lipinski definition) is 0. The summed E-state index contributed by atoms with van der Waals surface area (Å²) in [5.41, 5.74) is 4.33. The van der Waals surface area contributed by atoms with Crippen LogP contribution < -0.4 is 4.74 Å². The third-order valence-electron chi connectivity index (χ3n) is 4.26. The van der Waals surface area contributed by atoms with Crippen LogP contribution in [0, 0.1) is 0 Å². The maximum atomic E-state index is 6.04. The fraction of sp³-hybridized carbons (Fsp3) is 0.0417. The Labute approximate surface area is 153 Å². The van der Waals surface area contributed by atoms with Gasteiger partial charge in [-0.1, -0.05) is 84.9 Å². The highest BCUT2D eigenvalue weighted by Crippen LogP contribution is 2.28. The molecule has 1 heterocycles. The van der Waals surface area contributed by atoms with Crippen molar-refractivity contribution < 1.29 is 4.74 Å². The quantitative estimate of drug-likeness (QED) is 0.418. The molecule has 0 amide bonds. The van der Waals surface area contributed by atoms with Gasteiger partial charge in [0.05, 0.1) is 0 Å². The number of aromatic nitrogens is 1. The van der Waals surface area contributed by atoms with Crippen LogP contribution in [-0.2, 0) is 6.61 Å². The van der Waals surface area contributed by atoms with Gasteiger partial charge in [0, 0.05) is 11.6 Å². The standard InChI is InChI=1S/C24H19NO/c1-3-8-19(9-4-1)13-14-21-15-16-23(24-22(21)12-7-17-25-24)26-18-20-10-5-2-6-11-20/h1-17H,18H2/b14-13+. The lowest BCUT2D eigenvalue weighted by Gasteiger charge is -2.10. The molecule has 2 nitrogen and oxygen atoms in total. The second kappa shape index (κ2) is 7.66. The molecule has 0 spiro atoms. The molecule has 0 bridgehead atoms.